The smallest absolute Gasteiger partial charge is 0.126 e. The molecule has 0 spiro atoms. The first kappa shape index (κ1) is 19.2. The minimum atomic E-state index is -0.116. The maximum absolute atomic E-state index is 12.6. The zero-order valence-electron chi connectivity index (χ0n) is 13.0. The Labute approximate surface area is 112 Å². The first-order chi connectivity index (χ1) is 8.38. The maximum atomic E-state index is 12.6. The molecule has 0 saturated carbocycles. The molecule has 0 N–H and O–H groups in total. The molecule has 0 aliphatic rings. The van der Waals surface area contributed by atoms with Crippen LogP contribution in [-0.4, -0.2) is 12.8 Å². The third-order valence-corrected chi connectivity index (χ3v) is 2.27. The second-order valence-electron chi connectivity index (χ2n) is 4.42. The van der Waals surface area contributed by atoms with Crippen molar-refractivity contribution in [3.8, 4) is 0 Å². The molecule has 0 bridgehead atoms. The normalized spacial score (nSPS) is 8.44. The quantitative estimate of drug-likeness (QED) is 0.598. The second kappa shape index (κ2) is 12.3. The molecule has 0 unspecified atom stereocenters. The van der Waals surface area contributed by atoms with Crippen molar-refractivity contribution in [1.82, 2.24) is 0 Å². The highest BCUT2D eigenvalue weighted by atomic mass is 19.1. The fraction of sp³-hybridized carbons (Fsp3) is 0.562. The molecule has 0 aliphatic heterocycles. The zero-order valence-corrected chi connectivity index (χ0v) is 13.0. The lowest BCUT2D eigenvalue weighted by molar-refractivity contribution is 0.617. The van der Waals surface area contributed by atoms with Gasteiger partial charge < -0.3 is 0 Å². The van der Waals surface area contributed by atoms with Crippen LogP contribution in [0.5, 0.6) is 0 Å². The Bertz CT molecular complexity index is 337. The average molecular weight is 253 g/mol. The number of nitrogens with zero attached hydrogens (tertiary/aromatic N) is 1. The van der Waals surface area contributed by atoms with Gasteiger partial charge in [0.15, 0.2) is 0 Å². The molecule has 104 valence electrons. The fourth-order valence-corrected chi connectivity index (χ4v) is 0.698. The van der Waals surface area contributed by atoms with E-state index in [0.717, 1.165) is 11.3 Å². The van der Waals surface area contributed by atoms with Gasteiger partial charge in [0.05, 0.1) is 0 Å². The molecule has 1 rings (SSSR count). The Morgan fingerprint density at radius 1 is 1.11 bits per heavy atom. The van der Waals surface area contributed by atoms with Gasteiger partial charge in [-0.25, -0.2) is 4.39 Å². The third kappa shape index (κ3) is 12.9. The second-order valence-corrected chi connectivity index (χ2v) is 4.42. The van der Waals surface area contributed by atoms with E-state index >= 15 is 0 Å². The van der Waals surface area contributed by atoms with Crippen molar-refractivity contribution in [2.24, 2.45) is 4.99 Å². The van der Waals surface area contributed by atoms with Crippen LogP contribution in [0.15, 0.2) is 23.2 Å². The maximum Gasteiger partial charge on any atom is 0.126 e. The molecule has 1 nitrogen and oxygen atoms in total. The lowest BCUT2D eigenvalue weighted by atomic mass is 10.2. The van der Waals surface area contributed by atoms with Gasteiger partial charge in [-0.15, -0.1) is 0 Å². The number of benzene rings is 1. The Hall–Kier alpha value is -1.18. The first-order valence-corrected chi connectivity index (χ1v) is 6.51. The SMILES string of the molecule is CCCC.CN=C(C)C.Cc1ccc(C)c(F)c1. The topological polar surface area (TPSA) is 12.4 Å². The first-order valence-electron chi connectivity index (χ1n) is 6.51. The van der Waals surface area contributed by atoms with Gasteiger partial charge >= 0.3 is 0 Å². The van der Waals surface area contributed by atoms with Crippen molar-refractivity contribution in [3.63, 3.8) is 0 Å². The largest absolute Gasteiger partial charge is 0.298 e. The summed E-state index contributed by atoms with van der Waals surface area (Å²) in [7, 11) is 1.79. The van der Waals surface area contributed by atoms with Crippen molar-refractivity contribution < 1.29 is 4.39 Å². The lowest BCUT2D eigenvalue weighted by Gasteiger charge is -1.94. The van der Waals surface area contributed by atoms with Gasteiger partial charge in [0.1, 0.15) is 5.82 Å². The van der Waals surface area contributed by atoms with Gasteiger partial charge in [-0.1, -0.05) is 38.8 Å². The van der Waals surface area contributed by atoms with Crippen LogP contribution >= 0.6 is 0 Å². The Kier molecular flexibility index (Phi) is 13.1. The summed E-state index contributed by atoms with van der Waals surface area (Å²) < 4.78 is 12.6. The van der Waals surface area contributed by atoms with E-state index in [2.05, 4.69) is 18.8 Å². The number of hydrogen-bond acceptors (Lipinski definition) is 1. The molecule has 0 aliphatic carbocycles. The van der Waals surface area contributed by atoms with Crippen molar-refractivity contribution in [1.29, 1.82) is 0 Å². The minimum Gasteiger partial charge on any atom is -0.298 e. The van der Waals surface area contributed by atoms with E-state index in [1.54, 1.807) is 20.0 Å². The van der Waals surface area contributed by atoms with Gasteiger partial charge in [-0.05, 0) is 44.9 Å². The van der Waals surface area contributed by atoms with E-state index in [-0.39, 0.29) is 5.82 Å². The number of halogens is 1. The van der Waals surface area contributed by atoms with E-state index in [4.69, 9.17) is 0 Å². The summed E-state index contributed by atoms with van der Waals surface area (Å²) in [5.41, 5.74) is 2.81. The zero-order chi connectivity index (χ0) is 14.6. The summed E-state index contributed by atoms with van der Waals surface area (Å²) in [6.07, 6.45) is 2.64. The predicted molar refractivity (Wildman–Crippen MR) is 81.2 cm³/mol. The Morgan fingerprint density at radius 2 is 1.56 bits per heavy atom. The number of aliphatic imine (C=N–C) groups is 1. The van der Waals surface area contributed by atoms with Gasteiger partial charge in [0, 0.05) is 12.8 Å². The predicted octanol–water partition coefficient (Wildman–Crippen LogP) is 5.35. The van der Waals surface area contributed by atoms with Crippen LogP contribution in [0.3, 0.4) is 0 Å². The van der Waals surface area contributed by atoms with E-state index in [9.17, 15) is 4.39 Å². The standard InChI is InChI=1S/C8H9F.C4H9N.C4H10/c1-6-3-4-7(2)8(9)5-6;1-4(2)5-3;1-3-4-2/h3-5H,1-2H3;1-3H3;3-4H2,1-2H3. The van der Waals surface area contributed by atoms with Crippen molar-refractivity contribution in [3.05, 3.63) is 35.1 Å². The molecule has 0 atom stereocenters. The molecule has 1 aromatic carbocycles. The van der Waals surface area contributed by atoms with Crippen molar-refractivity contribution in [2.45, 2.75) is 54.4 Å². The molecule has 0 saturated heterocycles. The van der Waals surface area contributed by atoms with Gasteiger partial charge in [-0.3, -0.25) is 4.99 Å². The van der Waals surface area contributed by atoms with Crippen LogP contribution in [0.2, 0.25) is 0 Å². The summed E-state index contributed by atoms with van der Waals surface area (Å²) in [4.78, 5) is 3.81. The van der Waals surface area contributed by atoms with E-state index in [1.807, 2.05) is 26.8 Å². The fourth-order valence-electron chi connectivity index (χ4n) is 0.698. The van der Waals surface area contributed by atoms with E-state index in [0.29, 0.717) is 5.56 Å². The highest BCUT2D eigenvalue weighted by molar-refractivity contribution is 5.78. The number of hydrogen-bond donors (Lipinski definition) is 0. The van der Waals surface area contributed by atoms with E-state index < -0.39 is 0 Å². The minimum absolute atomic E-state index is 0.116. The summed E-state index contributed by atoms with van der Waals surface area (Å²) in [6, 6.07) is 5.22. The van der Waals surface area contributed by atoms with Crippen LogP contribution in [0.4, 0.5) is 4.39 Å². The molecule has 0 heterocycles. The molecular weight excluding hydrogens is 225 g/mol. The average Bonchev–Trinajstić information content (AvgIpc) is 2.35. The monoisotopic (exact) mass is 253 g/mol. The van der Waals surface area contributed by atoms with Crippen LogP contribution in [-0.2, 0) is 0 Å². The number of aryl methyl sites for hydroxylation is 2. The molecule has 0 amide bonds. The molecule has 2 heteroatoms. The van der Waals surface area contributed by atoms with Gasteiger partial charge in [0.25, 0.3) is 0 Å². The molecular formula is C16H28FN. The summed E-state index contributed by atoms with van der Waals surface area (Å²) >= 11 is 0. The Balaban J connectivity index is 0. The van der Waals surface area contributed by atoms with Gasteiger partial charge in [-0.2, -0.15) is 0 Å². The molecule has 0 fully saturated rings. The third-order valence-electron chi connectivity index (χ3n) is 2.27. The number of rotatable bonds is 1. The highest BCUT2D eigenvalue weighted by Crippen LogP contribution is 2.06. The van der Waals surface area contributed by atoms with Crippen LogP contribution < -0.4 is 0 Å². The molecule has 0 radical (unpaired) electrons. The number of unbranched alkanes of at least 4 members (excludes halogenated alkanes) is 1. The summed E-state index contributed by atoms with van der Waals surface area (Å²) in [6.45, 7) is 11.9. The molecule has 18 heavy (non-hydrogen) atoms. The van der Waals surface area contributed by atoms with Crippen molar-refractivity contribution >= 4 is 5.71 Å². The van der Waals surface area contributed by atoms with Crippen molar-refractivity contribution in [2.75, 3.05) is 7.05 Å². The van der Waals surface area contributed by atoms with Gasteiger partial charge in [0.2, 0.25) is 0 Å². The lowest BCUT2D eigenvalue weighted by Crippen LogP contribution is -1.81. The summed E-state index contributed by atoms with van der Waals surface area (Å²) in [5.74, 6) is -0.116. The highest BCUT2D eigenvalue weighted by Gasteiger charge is 1.93. The van der Waals surface area contributed by atoms with Crippen LogP contribution in [0, 0.1) is 19.7 Å². The van der Waals surface area contributed by atoms with Crippen LogP contribution in [0.1, 0.15) is 51.7 Å². The van der Waals surface area contributed by atoms with Crippen LogP contribution in [0.25, 0.3) is 0 Å². The van der Waals surface area contributed by atoms with E-state index in [1.165, 1.54) is 18.9 Å². The molecule has 1 aromatic rings. The molecule has 0 aromatic heterocycles. The summed E-state index contributed by atoms with van der Waals surface area (Å²) in [5, 5.41) is 0. The Morgan fingerprint density at radius 3 is 1.78 bits per heavy atom.